The Morgan fingerprint density at radius 2 is 1.77 bits per heavy atom. The van der Waals surface area contributed by atoms with Crippen LogP contribution in [-0.2, 0) is 6.61 Å². The van der Waals surface area contributed by atoms with E-state index in [4.69, 9.17) is 32.9 Å². The molecule has 0 saturated heterocycles. The van der Waals surface area contributed by atoms with E-state index in [1.807, 2.05) is 48.5 Å². The molecule has 0 aliphatic heterocycles. The fraction of sp³-hybridized carbons (Fsp3) is 0.250. The number of nitrogens with zero attached hydrogens (tertiary/aromatic N) is 3. The third kappa shape index (κ3) is 5.42. The van der Waals surface area contributed by atoms with Crippen LogP contribution in [0.1, 0.15) is 55.0 Å². The summed E-state index contributed by atoms with van der Waals surface area (Å²) in [5.74, 6) is 1.71. The first-order valence-corrected chi connectivity index (χ1v) is 12.6. The molecule has 7 heteroatoms. The van der Waals surface area contributed by atoms with E-state index < -0.39 is 0 Å². The Morgan fingerprint density at radius 1 is 1.00 bits per heavy atom. The van der Waals surface area contributed by atoms with E-state index in [1.165, 1.54) is 11.1 Å². The molecule has 0 bridgehead atoms. The van der Waals surface area contributed by atoms with Crippen molar-refractivity contribution in [3.63, 3.8) is 0 Å². The van der Waals surface area contributed by atoms with Crippen molar-refractivity contribution < 1.29 is 4.74 Å². The number of rotatable bonds is 6. The fourth-order valence-electron chi connectivity index (χ4n) is 4.45. The number of ether oxygens (including phenoxy) is 1. The summed E-state index contributed by atoms with van der Waals surface area (Å²) in [5, 5.41) is 6.33. The monoisotopic (exact) mass is 505 g/mol. The second-order valence-corrected chi connectivity index (χ2v) is 9.62. The first kappa shape index (κ1) is 23.6. The summed E-state index contributed by atoms with van der Waals surface area (Å²) in [6.07, 6.45) is 7.30. The maximum Gasteiger partial charge on any atom is 0.282 e. The lowest BCUT2D eigenvalue weighted by Gasteiger charge is -2.22. The number of benzene rings is 3. The molecule has 0 amide bonds. The molecule has 1 saturated carbocycles. The maximum absolute atomic E-state index is 13.3. The van der Waals surface area contributed by atoms with Crippen LogP contribution in [0.2, 0.25) is 10.0 Å². The van der Waals surface area contributed by atoms with Gasteiger partial charge in [-0.05, 0) is 66.9 Å². The highest BCUT2D eigenvalue weighted by Crippen LogP contribution is 2.31. The number of para-hydroxylation sites is 1. The third-order valence-electron chi connectivity index (χ3n) is 6.36. The zero-order valence-electron chi connectivity index (χ0n) is 19.2. The van der Waals surface area contributed by atoms with Crippen molar-refractivity contribution in [2.45, 2.75) is 44.6 Å². The Kier molecular flexibility index (Phi) is 7.16. The van der Waals surface area contributed by atoms with E-state index in [1.54, 1.807) is 24.4 Å². The first-order chi connectivity index (χ1) is 17.1. The second kappa shape index (κ2) is 10.6. The molecule has 5 rings (SSSR count). The molecule has 178 valence electrons. The number of hydrogen-bond donors (Lipinski definition) is 0. The molecule has 0 radical (unpaired) electrons. The van der Waals surface area contributed by atoms with Crippen LogP contribution < -0.4 is 10.3 Å². The van der Waals surface area contributed by atoms with Gasteiger partial charge in [0.05, 0.1) is 17.1 Å². The van der Waals surface area contributed by atoms with Gasteiger partial charge in [0.1, 0.15) is 18.2 Å². The zero-order chi connectivity index (χ0) is 24.2. The van der Waals surface area contributed by atoms with Crippen LogP contribution in [0.15, 0.2) is 76.6 Å². The smallest absolute Gasteiger partial charge is 0.282 e. The molecule has 0 atom stereocenters. The van der Waals surface area contributed by atoms with Gasteiger partial charge in [-0.15, -0.1) is 0 Å². The number of fused-ring (bicyclic) bond motifs is 1. The van der Waals surface area contributed by atoms with Gasteiger partial charge in [0.2, 0.25) is 0 Å². The molecule has 35 heavy (non-hydrogen) atoms. The normalized spacial score (nSPS) is 14.6. The van der Waals surface area contributed by atoms with Gasteiger partial charge >= 0.3 is 0 Å². The predicted molar refractivity (Wildman–Crippen MR) is 142 cm³/mol. The lowest BCUT2D eigenvalue weighted by Crippen LogP contribution is -2.25. The zero-order valence-corrected chi connectivity index (χ0v) is 20.7. The number of hydrogen-bond acceptors (Lipinski definition) is 4. The van der Waals surface area contributed by atoms with Crippen LogP contribution in [0.5, 0.6) is 5.75 Å². The van der Waals surface area contributed by atoms with Gasteiger partial charge in [-0.2, -0.15) is 9.78 Å². The second-order valence-electron chi connectivity index (χ2n) is 8.78. The summed E-state index contributed by atoms with van der Waals surface area (Å²) in [4.78, 5) is 18.2. The topological polar surface area (TPSA) is 56.5 Å². The Labute approximate surface area is 214 Å². The number of aromatic nitrogens is 2. The van der Waals surface area contributed by atoms with E-state index >= 15 is 0 Å². The van der Waals surface area contributed by atoms with Crippen molar-refractivity contribution in [1.82, 2.24) is 9.66 Å². The van der Waals surface area contributed by atoms with Crippen LogP contribution >= 0.6 is 23.2 Å². The van der Waals surface area contributed by atoms with Gasteiger partial charge in [0, 0.05) is 21.5 Å². The minimum Gasteiger partial charge on any atom is -0.489 e. The van der Waals surface area contributed by atoms with Gasteiger partial charge in [0.15, 0.2) is 0 Å². The predicted octanol–water partition coefficient (Wildman–Crippen LogP) is 7.21. The van der Waals surface area contributed by atoms with Gasteiger partial charge in [-0.25, -0.2) is 4.98 Å². The number of halogens is 2. The molecule has 1 aromatic heterocycles. The van der Waals surface area contributed by atoms with Crippen LogP contribution in [0.25, 0.3) is 10.9 Å². The Bertz CT molecular complexity index is 1420. The molecule has 3 aromatic carbocycles. The average molecular weight is 506 g/mol. The lowest BCUT2D eigenvalue weighted by atomic mass is 9.88. The van der Waals surface area contributed by atoms with Gasteiger partial charge in [-0.1, -0.05) is 60.7 Å². The molecule has 0 unspecified atom stereocenters. The minimum absolute atomic E-state index is 0.132. The summed E-state index contributed by atoms with van der Waals surface area (Å²) in [5.41, 5.74) is 2.32. The van der Waals surface area contributed by atoms with E-state index in [0.717, 1.165) is 48.2 Å². The van der Waals surface area contributed by atoms with Crippen molar-refractivity contribution >= 4 is 40.3 Å². The highest BCUT2D eigenvalue weighted by Gasteiger charge is 2.22. The van der Waals surface area contributed by atoms with Gasteiger partial charge in [0.25, 0.3) is 5.56 Å². The van der Waals surface area contributed by atoms with Crippen LogP contribution in [-0.4, -0.2) is 15.9 Å². The summed E-state index contributed by atoms with van der Waals surface area (Å²) in [7, 11) is 0. The van der Waals surface area contributed by atoms with E-state index in [0.29, 0.717) is 27.8 Å². The SMILES string of the molecule is O=c1c2ccccc2nc(C2CCCCC2)n1N=Cc1ccc(OCc2ccc(Cl)cc2Cl)cc1. The molecule has 4 aromatic rings. The Balaban J connectivity index is 1.38. The lowest BCUT2D eigenvalue weighted by molar-refractivity contribution is 0.306. The van der Waals surface area contributed by atoms with E-state index in [-0.39, 0.29) is 11.5 Å². The summed E-state index contributed by atoms with van der Waals surface area (Å²) in [6.45, 7) is 0.340. The molecule has 0 spiro atoms. The first-order valence-electron chi connectivity index (χ1n) is 11.8. The summed E-state index contributed by atoms with van der Waals surface area (Å²) < 4.78 is 7.35. The highest BCUT2D eigenvalue weighted by molar-refractivity contribution is 6.35. The minimum atomic E-state index is -0.132. The quantitative estimate of drug-likeness (QED) is 0.260. The van der Waals surface area contributed by atoms with Crippen LogP contribution in [0.4, 0.5) is 0 Å². The molecule has 1 aliphatic rings. The third-order valence-corrected chi connectivity index (χ3v) is 6.95. The van der Waals surface area contributed by atoms with Crippen LogP contribution in [0.3, 0.4) is 0 Å². The van der Waals surface area contributed by atoms with Gasteiger partial charge < -0.3 is 4.74 Å². The molecular weight excluding hydrogens is 481 g/mol. The molecule has 1 aliphatic carbocycles. The van der Waals surface area contributed by atoms with Crippen molar-refractivity contribution in [1.29, 1.82) is 0 Å². The van der Waals surface area contributed by atoms with Crippen molar-refractivity contribution in [3.05, 3.63) is 104 Å². The van der Waals surface area contributed by atoms with E-state index in [9.17, 15) is 4.79 Å². The Morgan fingerprint density at radius 3 is 2.54 bits per heavy atom. The molecule has 1 fully saturated rings. The molecular formula is C28H25Cl2N3O2. The van der Waals surface area contributed by atoms with Crippen molar-refractivity contribution in [2.75, 3.05) is 0 Å². The molecule has 1 heterocycles. The average Bonchev–Trinajstić information content (AvgIpc) is 2.89. The maximum atomic E-state index is 13.3. The fourth-order valence-corrected chi connectivity index (χ4v) is 4.91. The Hall–Kier alpha value is -3.15. The largest absolute Gasteiger partial charge is 0.489 e. The molecule has 5 nitrogen and oxygen atoms in total. The van der Waals surface area contributed by atoms with E-state index in [2.05, 4.69) is 5.10 Å². The van der Waals surface area contributed by atoms with Crippen LogP contribution in [0, 0.1) is 0 Å². The highest BCUT2D eigenvalue weighted by atomic mass is 35.5. The van der Waals surface area contributed by atoms with Crippen molar-refractivity contribution in [3.8, 4) is 5.75 Å². The summed E-state index contributed by atoms with van der Waals surface area (Å²) in [6, 6.07) is 20.4. The standard InChI is InChI=1S/C28H25Cl2N3O2/c29-22-13-12-21(25(30)16-22)18-35-23-14-10-19(11-15-23)17-31-33-27(20-6-2-1-3-7-20)32-26-9-5-4-8-24(26)28(33)34/h4-5,8-17,20H,1-3,6-7,18H2. The molecule has 0 N–H and O–H groups in total. The van der Waals surface area contributed by atoms with Gasteiger partial charge in [-0.3, -0.25) is 4.79 Å². The van der Waals surface area contributed by atoms with Crippen molar-refractivity contribution in [2.24, 2.45) is 5.10 Å². The summed E-state index contributed by atoms with van der Waals surface area (Å²) >= 11 is 12.2.